The maximum Gasteiger partial charge on any atom is 0.271 e. The molecule has 0 aliphatic carbocycles. The van der Waals surface area contributed by atoms with Gasteiger partial charge in [-0.05, 0) is 53.6 Å². The Labute approximate surface area is 162 Å². The molecular weight excluding hydrogens is 336 g/mol. The predicted octanol–water partition coefficient (Wildman–Crippen LogP) is 5.47. The second-order valence-corrected chi connectivity index (χ2v) is 7.59. The first-order valence-corrected chi connectivity index (χ1v) is 9.51. The number of carbonyl (C=O) groups excluding carboxylic acids is 1. The van der Waals surface area contributed by atoms with E-state index in [4.69, 9.17) is 4.74 Å². The van der Waals surface area contributed by atoms with Crippen molar-refractivity contribution >= 4 is 11.6 Å². The van der Waals surface area contributed by atoms with Crippen molar-refractivity contribution in [2.75, 3.05) is 0 Å². The number of nitrogens with zero attached hydrogens (tertiary/aromatic N) is 1. The van der Waals surface area contributed by atoms with Gasteiger partial charge in [-0.15, -0.1) is 0 Å². The van der Waals surface area contributed by atoms with Crippen molar-refractivity contribution in [1.82, 2.24) is 5.43 Å². The molecular formula is C23H30N2O2. The summed E-state index contributed by atoms with van der Waals surface area (Å²) in [6.45, 7) is 11.1. The monoisotopic (exact) mass is 366 g/mol. The van der Waals surface area contributed by atoms with Crippen LogP contribution in [0.15, 0.2) is 53.6 Å². The molecule has 0 saturated carbocycles. The normalized spacial score (nSPS) is 11.0. The Morgan fingerprint density at radius 3 is 2.07 bits per heavy atom. The third-order valence-corrected chi connectivity index (χ3v) is 4.47. The highest BCUT2D eigenvalue weighted by Gasteiger charge is 2.13. The van der Waals surface area contributed by atoms with Gasteiger partial charge in [0.2, 0.25) is 0 Å². The van der Waals surface area contributed by atoms with E-state index >= 15 is 0 Å². The molecule has 0 radical (unpaired) electrons. The lowest BCUT2D eigenvalue weighted by Crippen LogP contribution is -2.19. The van der Waals surface area contributed by atoms with Gasteiger partial charge in [0, 0.05) is 11.3 Å². The molecule has 27 heavy (non-hydrogen) atoms. The lowest BCUT2D eigenvalue weighted by Gasteiger charge is -2.19. The lowest BCUT2D eigenvalue weighted by atomic mass is 9.87. The molecule has 1 N–H and O–H groups in total. The summed E-state index contributed by atoms with van der Waals surface area (Å²) in [5.74, 6) is 0.644. The van der Waals surface area contributed by atoms with Crippen molar-refractivity contribution < 1.29 is 9.53 Å². The fourth-order valence-corrected chi connectivity index (χ4v) is 2.57. The van der Waals surface area contributed by atoms with Crippen molar-refractivity contribution in [3.63, 3.8) is 0 Å². The van der Waals surface area contributed by atoms with Gasteiger partial charge in [0.05, 0.1) is 0 Å². The standard InChI is InChI=1S/C23H30N2O2/c1-6-20(7-2)24-25-22(26)18-10-8-17(9-11-18)16-27-21-14-12-19(13-15-21)23(3,4)5/h8-15H,6-7,16H2,1-5H3,(H,25,26). The molecule has 2 aromatic rings. The van der Waals surface area contributed by atoms with Crippen LogP contribution in [0.4, 0.5) is 0 Å². The minimum atomic E-state index is -0.195. The molecule has 0 atom stereocenters. The number of nitrogens with one attached hydrogen (secondary N) is 1. The summed E-state index contributed by atoms with van der Waals surface area (Å²) < 4.78 is 5.85. The van der Waals surface area contributed by atoms with Crippen LogP contribution >= 0.6 is 0 Å². The zero-order valence-electron chi connectivity index (χ0n) is 17.0. The summed E-state index contributed by atoms with van der Waals surface area (Å²) in [5.41, 5.74) is 6.60. The quantitative estimate of drug-likeness (QED) is 0.522. The predicted molar refractivity (Wildman–Crippen MR) is 111 cm³/mol. The first-order chi connectivity index (χ1) is 12.8. The summed E-state index contributed by atoms with van der Waals surface area (Å²) in [6.07, 6.45) is 1.67. The molecule has 4 nitrogen and oxygen atoms in total. The van der Waals surface area contributed by atoms with Crippen molar-refractivity contribution in [2.24, 2.45) is 5.10 Å². The Kier molecular flexibility index (Phi) is 7.17. The summed E-state index contributed by atoms with van der Waals surface area (Å²) in [4.78, 5) is 12.1. The fraction of sp³-hybridized carbons (Fsp3) is 0.391. The van der Waals surface area contributed by atoms with E-state index in [1.165, 1.54) is 5.56 Å². The number of hydrogen-bond donors (Lipinski definition) is 1. The van der Waals surface area contributed by atoms with Gasteiger partial charge >= 0.3 is 0 Å². The van der Waals surface area contributed by atoms with Gasteiger partial charge in [-0.3, -0.25) is 4.79 Å². The number of amides is 1. The molecule has 0 aliphatic heterocycles. The van der Waals surface area contributed by atoms with Gasteiger partial charge in [0.1, 0.15) is 12.4 Å². The molecule has 2 rings (SSSR count). The van der Waals surface area contributed by atoms with Gasteiger partial charge in [-0.25, -0.2) is 5.43 Å². The lowest BCUT2D eigenvalue weighted by molar-refractivity contribution is 0.0954. The van der Waals surface area contributed by atoms with E-state index in [-0.39, 0.29) is 11.3 Å². The van der Waals surface area contributed by atoms with Gasteiger partial charge in [-0.1, -0.05) is 58.9 Å². The minimum absolute atomic E-state index is 0.133. The van der Waals surface area contributed by atoms with E-state index in [0.717, 1.165) is 29.9 Å². The van der Waals surface area contributed by atoms with Crippen LogP contribution in [-0.4, -0.2) is 11.6 Å². The first-order valence-electron chi connectivity index (χ1n) is 9.51. The highest BCUT2D eigenvalue weighted by Crippen LogP contribution is 2.24. The van der Waals surface area contributed by atoms with E-state index in [1.807, 2.05) is 38.1 Å². The molecule has 0 aromatic heterocycles. The van der Waals surface area contributed by atoms with Gasteiger partial charge in [-0.2, -0.15) is 5.10 Å². The Balaban J connectivity index is 1.92. The maximum atomic E-state index is 12.1. The Morgan fingerprint density at radius 2 is 1.56 bits per heavy atom. The van der Waals surface area contributed by atoms with Crippen LogP contribution in [0, 0.1) is 0 Å². The molecule has 0 bridgehead atoms. The average Bonchev–Trinajstić information content (AvgIpc) is 2.67. The van der Waals surface area contributed by atoms with E-state index < -0.39 is 0 Å². The molecule has 2 aromatic carbocycles. The van der Waals surface area contributed by atoms with Crippen molar-refractivity contribution in [3.8, 4) is 5.75 Å². The molecule has 144 valence electrons. The van der Waals surface area contributed by atoms with E-state index in [1.54, 1.807) is 12.1 Å². The summed E-state index contributed by atoms with van der Waals surface area (Å²) in [7, 11) is 0. The largest absolute Gasteiger partial charge is 0.489 e. The minimum Gasteiger partial charge on any atom is -0.489 e. The fourth-order valence-electron chi connectivity index (χ4n) is 2.57. The number of hydrazone groups is 1. The number of carbonyl (C=O) groups is 1. The topological polar surface area (TPSA) is 50.7 Å². The molecule has 0 aliphatic rings. The number of benzene rings is 2. The van der Waals surface area contributed by atoms with Crippen LogP contribution in [0.5, 0.6) is 5.75 Å². The van der Waals surface area contributed by atoms with Crippen LogP contribution in [-0.2, 0) is 12.0 Å². The zero-order chi connectivity index (χ0) is 19.9. The molecule has 0 saturated heterocycles. The van der Waals surface area contributed by atoms with Crippen LogP contribution in [0.2, 0.25) is 0 Å². The Hall–Kier alpha value is -2.62. The van der Waals surface area contributed by atoms with Gasteiger partial charge in [0.25, 0.3) is 5.91 Å². The first kappa shape index (κ1) is 20.7. The van der Waals surface area contributed by atoms with Crippen molar-refractivity contribution in [2.45, 2.75) is 59.5 Å². The summed E-state index contributed by atoms with van der Waals surface area (Å²) in [6, 6.07) is 15.6. The molecule has 0 unspecified atom stereocenters. The molecule has 0 heterocycles. The van der Waals surface area contributed by atoms with Gasteiger partial charge in [0.15, 0.2) is 0 Å². The summed E-state index contributed by atoms with van der Waals surface area (Å²) >= 11 is 0. The van der Waals surface area contributed by atoms with Crippen LogP contribution in [0.3, 0.4) is 0 Å². The maximum absolute atomic E-state index is 12.1. The average molecular weight is 367 g/mol. The second kappa shape index (κ2) is 9.36. The highest BCUT2D eigenvalue weighted by atomic mass is 16.5. The van der Waals surface area contributed by atoms with E-state index in [0.29, 0.717) is 12.2 Å². The second-order valence-electron chi connectivity index (χ2n) is 7.59. The molecule has 0 spiro atoms. The van der Waals surface area contributed by atoms with E-state index in [2.05, 4.69) is 43.4 Å². The Morgan fingerprint density at radius 1 is 0.963 bits per heavy atom. The third-order valence-electron chi connectivity index (χ3n) is 4.47. The molecule has 4 heteroatoms. The van der Waals surface area contributed by atoms with Crippen LogP contribution in [0.25, 0.3) is 0 Å². The van der Waals surface area contributed by atoms with Gasteiger partial charge < -0.3 is 4.74 Å². The SMILES string of the molecule is CCC(CC)=NNC(=O)c1ccc(COc2ccc(C(C)(C)C)cc2)cc1. The molecule has 1 amide bonds. The number of ether oxygens (including phenoxy) is 1. The summed E-state index contributed by atoms with van der Waals surface area (Å²) in [5, 5.41) is 4.15. The third kappa shape index (κ3) is 6.24. The molecule has 0 fully saturated rings. The van der Waals surface area contributed by atoms with Crippen LogP contribution < -0.4 is 10.2 Å². The zero-order valence-corrected chi connectivity index (χ0v) is 17.0. The Bertz CT molecular complexity index is 764. The number of hydrogen-bond acceptors (Lipinski definition) is 3. The van der Waals surface area contributed by atoms with Crippen molar-refractivity contribution in [1.29, 1.82) is 0 Å². The highest BCUT2D eigenvalue weighted by molar-refractivity contribution is 5.95. The smallest absolute Gasteiger partial charge is 0.271 e. The van der Waals surface area contributed by atoms with Crippen LogP contribution in [0.1, 0.15) is 68.9 Å². The van der Waals surface area contributed by atoms with Crippen molar-refractivity contribution in [3.05, 3.63) is 65.2 Å². The van der Waals surface area contributed by atoms with E-state index in [9.17, 15) is 4.79 Å². The number of rotatable bonds is 7.